The van der Waals surface area contributed by atoms with E-state index in [-0.39, 0.29) is 24.3 Å². The molecular formula is C30H33N3O8S. The summed E-state index contributed by atoms with van der Waals surface area (Å²) < 4.78 is 29.9. The zero-order valence-electron chi connectivity index (χ0n) is 24.1. The van der Waals surface area contributed by atoms with Crippen molar-refractivity contribution >= 4 is 29.3 Å². The van der Waals surface area contributed by atoms with Gasteiger partial charge in [0.2, 0.25) is 0 Å². The number of esters is 1. The highest BCUT2D eigenvalue weighted by Crippen LogP contribution is 2.40. The van der Waals surface area contributed by atoms with Gasteiger partial charge in [0.25, 0.3) is 11.5 Å². The summed E-state index contributed by atoms with van der Waals surface area (Å²) in [5.74, 6) is 0.457. The van der Waals surface area contributed by atoms with Crippen LogP contribution in [-0.2, 0) is 14.3 Å². The summed E-state index contributed by atoms with van der Waals surface area (Å²) in [5, 5.41) is 0. The average Bonchev–Trinajstić information content (AvgIpc) is 3.26. The first-order valence-electron chi connectivity index (χ1n) is 13.4. The number of nitrogens with zero attached hydrogens (tertiary/aromatic N) is 2. The van der Waals surface area contributed by atoms with Gasteiger partial charge in [-0.15, -0.1) is 0 Å². The normalized spacial score (nSPS) is 14.6. The van der Waals surface area contributed by atoms with Gasteiger partial charge in [-0.05, 0) is 57.5 Å². The zero-order chi connectivity index (χ0) is 30.4. The summed E-state index contributed by atoms with van der Waals surface area (Å²) in [5.41, 5.74) is 6.75. The Bertz CT molecular complexity index is 1710. The number of thiazole rings is 1. The molecule has 3 aromatic rings. The standard InChI is InChI=1S/C30H33N3O8S/c1-6-38-22-14-18(12-13-20(22)41-16-24(31)34)15-23-28(35)33-26(19-10-9-11-21(37-5)27(19)39-7-2)25(29(36)40-8-3)17(4)32-30(33)42-23/h9-15,26H,6-8,16H2,1-5H3,(H2,31,34)/b23-15+/t26-/m1/s1. The van der Waals surface area contributed by atoms with Crippen LogP contribution in [0.25, 0.3) is 6.08 Å². The number of ether oxygens (including phenoxy) is 5. The molecule has 2 aromatic carbocycles. The van der Waals surface area contributed by atoms with Gasteiger partial charge in [0.05, 0.1) is 42.7 Å². The van der Waals surface area contributed by atoms with Crippen LogP contribution < -0.4 is 39.6 Å². The van der Waals surface area contributed by atoms with Gasteiger partial charge in [-0.2, -0.15) is 0 Å². The number of allylic oxidation sites excluding steroid dienone is 1. The molecule has 222 valence electrons. The van der Waals surface area contributed by atoms with Crippen LogP contribution in [0.5, 0.6) is 23.0 Å². The quantitative estimate of drug-likeness (QED) is 0.315. The second-order valence-corrected chi connectivity index (χ2v) is 10.0. The van der Waals surface area contributed by atoms with E-state index in [0.717, 1.165) is 0 Å². The molecule has 0 bridgehead atoms. The van der Waals surface area contributed by atoms with Crippen LogP contribution in [0, 0.1) is 0 Å². The van der Waals surface area contributed by atoms with Crippen LogP contribution in [0.3, 0.4) is 0 Å². The lowest BCUT2D eigenvalue weighted by Gasteiger charge is -2.26. The summed E-state index contributed by atoms with van der Waals surface area (Å²) in [6.07, 6.45) is 1.71. The molecule has 0 aliphatic carbocycles. The molecule has 12 heteroatoms. The number of rotatable bonds is 12. The molecule has 4 rings (SSSR count). The third-order valence-electron chi connectivity index (χ3n) is 6.26. The van der Waals surface area contributed by atoms with E-state index < -0.39 is 17.9 Å². The highest BCUT2D eigenvalue weighted by atomic mass is 32.1. The zero-order valence-corrected chi connectivity index (χ0v) is 24.9. The van der Waals surface area contributed by atoms with Crippen molar-refractivity contribution in [2.24, 2.45) is 10.7 Å². The maximum atomic E-state index is 14.0. The SMILES string of the molecule is CCOC(=O)C1=C(C)N=c2s/c(=C/c3ccc(OCC(N)=O)c(OCC)c3)c(=O)n2[C@@H]1c1cccc(OC)c1OCC. The van der Waals surface area contributed by atoms with Crippen molar-refractivity contribution in [1.82, 2.24) is 4.57 Å². The number of para-hydroxylation sites is 1. The van der Waals surface area contributed by atoms with Crippen LogP contribution in [0.1, 0.15) is 44.9 Å². The van der Waals surface area contributed by atoms with Gasteiger partial charge in [-0.3, -0.25) is 14.2 Å². The minimum atomic E-state index is -0.873. The fourth-order valence-corrected chi connectivity index (χ4v) is 5.64. The second kappa shape index (κ2) is 13.4. The van der Waals surface area contributed by atoms with E-state index in [1.54, 1.807) is 56.3 Å². The topological polar surface area (TPSA) is 141 Å². The molecule has 2 heterocycles. The number of nitrogens with two attached hydrogens (primary N) is 1. The number of methoxy groups -OCH3 is 1. The molecule has 1 aromatic heterocycles. The molecule has 2 N–H and O–H groups in total. The summed E-state index contributed by atoms with van der Waals surface area (Å²) in [6.45, 7) is 7.66. The third kappa shape index (κ3) is 6.18. The van der Waals surface area contributed by atoms with Crippen LogP contribution in [0.2, 0.25) is 0 Å². The van der Waals surface area contributed by atoms with E-state index in [4.69, 9.17) is 29.4 Å². The number of benzene rings is 2. The van der Waals surface area contributed by atoms with Gasteiger partial charge in [0.1, 0.15) is 6.04 Å². The molecule has 0 unspecified atom stereocenters. The number of primary amides is 1. The maximum Gasteiger partial charge on any atom is 0.338 e. The van der Waals surface area contributed by atoms with Crippen LogP contribution in [0.15, 0.2) is 57.5 Å². The summed E-state index contributed by atoms with van der Waals surface area (Å²) in [6, 6.07) is 9.55. The van der Waals surface area contributed by atoms with E-state index in [9.17, 15) is 14.4 Å². The number of hydrogen-bond acceptors (Lipinski definition) is 10. The van der Waals surface area contributed by atoms with E-state index in [0.29, 0.717) is 62.4 Å². The molecule has 11 nitrogen and oxygen atoms in total. The molecule has 1 aliphatic rings. The van der Waals surface area contributed by atoms with Crippen LogP contribution >= 0.6 is 11.3 Å². The first-order valence-corrected chi connectivity index (χ1v) is 14.2. The molecule has 1 aliphatic heterocycles. The molecule has 0 fully saturated rings. The Morgan fingerprint density at radius 2 is 1.79 bits per heavy atom. The highest BCUT2D eigenvalue weighted by molar-refractivity contribution is 7.07. The fourth-order valence-electron chi connectivity index (χ4n) is 4.60. The monoisotopic (exact) mass is 595 g/mol. The van der Waals surface area contributed by atoms with Gasteiger partial charge in [0, 0.05) is 5.56 Å². The Labute approximate surface area is 246 Å². The van der Waals surface area contributed by atoms with Crippen molar-refractivity contribution < 1.29 is 33.3 Å². The summed E-state index contributed by atoms with van der Waals surface area (Å²) in [7, 11) is 1.53. The Kier molecular flexibility index (Phi) is 9.68. The summed E-state index contributed by atoms with van der Waals surface area (Å²) in [4.78, 5) is 43.5. The molecule has 42 heavy (non-hydrogen) atoms. The van der Waals surface area contributed by atoms with Crippen molar-refractivity contribution in [3.05, 3.63) is 78.5 Å². The Hall–Kier alpha value is -4.58. The van der Waals surface area contributed by atoms with E-state index in [1.165, 1.54) is 23.0 Å². The van der Waals surface area contributed by atoms with Gasteiger partial charge >= 0.3 is 5.97 Å². The average molecular weight is 596 g/mol. The lowest BCUT2D eigenvalue weighted by Crippen LogP contribution is -2.40. The fraction of sp³-hybridized carbons (Fsp3) is 0.333. The molecule has 0 saturated heterocycles. The first kappa shape index (κ1) is 30.4. The van der Waals surface area contributed by atoms with Crippen molar-refractivity contribution in [2.75, 3.05) is 33.5 Å². The molecule has 0 radical (unpaired) electrons. The highest BCUT2D eigenvalue weighted by Gasteiger charge is 2.36. The smallest absolute Gasteiger partial charge is 0.338 e. The number of carbonyl (C=O) groups excluding carboxylic acids is 2. The van der Waals surface area contributed by atoms with Gasteiger partial charge in [0.15, 0.2) is 34.4 Å². The third-order valence-corrected chi connectivity index (χ3v) is 7.25. The molecule has 0 spiro atoms. The Morgan fingerprint density at radius 1 is 1.02 bits per heavy atom. The van der Waals surface area contributed by atoms with E-state index in [2.05, 4.69) is 4.99 Å². The maximum absolute atomic E-state index is 14.0. The lowest BCUT2D eigenvalue weighted by molar-refractivity contribution is -0.139. The van der Waals surface area contributed by atoms with Crippen molar-refractivity contribution in [1.29, 1.82) is 0 Å². The minimum Gasteiger partial charge on any atom is -0.493 e. The second-order valence-electron chi connectivity index (χ2n) is 9.01. The van der Waals surface area contributed by atoms with Crippen molar-refractivity contribution in [2.45, 2.75) is 33.7 Å². The first-order chi connectivity index (χ1) is 20.2. The Balaban J connectivity index is 1.92. The number of fused-ring (bicyclic) bond motifs is 1. The van der Waals surface area contributed by atoms with Crippen molar-refractivity contribution in [3.63, 3.8) is 0 Å². The summed E-state index contributed by atoms with van der Waals surface area (Å²) >= 11 is 1.19. The predicted octanol–water partition coefficient (Wildman–Crippen LogP) is 2.47. The van der Waals surface area contributed by atoms with Crippen LogP contribution in [0.4, 0.5) is 0 Å². The van der Waals surface area contributed by atoms with E-state index in [1.807, 2.05) is 13.8 Å². The van der Waals surface area contributed by atoms with Gasteiger partial charge in [-0.1, -0.05) is 29.5 Å². The molecule has 1 amide bonds. The van der Waals surface area contributed by atoms with Gasteiger partial charge in [-0.25, -0.2) is 9.79 Å². The minimum absolute atomic E-state index is 0.157. The van der Waals surface area contributed by atoms with Crippen LogP contribution in [-0.4, -0.2) is 50.0 Å². The lowest BCUT2D eigenvalue weighted by atomic mass is 9.94. The number of carbonyl (C=O) groups is 2. The number of amides is 1. The Morgan fingerprint density at radius 3 is 2.45 bits per heavy atom. The van der Waals surface area contributed by atoms with Crippen molar-refractivity contribution in [3.8, 4) is 23.0 Å². The molecule has 1 atom stereocenters. The number of hydrogen-bond donors (Lipinski definition) is 1. The molecule has 0 saturated carbocycles. The molecular weight excluding hydrogens is 562 g/mol. The number of aromatic nitrogens is 1. The van der Waals surface area contributed by atoms with Gasteiger partial charge < -0.3 is 29.4 Å². The predicted molar refractivity (Wildman–Crippen MR) is 157 cm³/mol. The van der Waals surface area contributed by atoms with E-state index >= 15 is 0 Å². The largest absolute Gasteiger partial charge is 0.493 e.